The predicted octanol–water partition coefficient (Wildman–Crippen LogP) is 4.47. The van der Waals surface area contributed by atoms with Crippen LogP contribution in [0.25, 0.3) is 0 Å². The summed E-state index contributed by atoms with van der Waals surface area (Å²) in [6, 6.07) is 14.8. The maximum atomic E-state index is 5.29. The van der Waals surface area contributed by atoms with Crippen LogP contribution in [0.5, 0.6) is 5.75 Å². The predicted molar refractivity (Wildman–Crippen MR) is 87.4 cm³/mol. The Balaban J connectivity index is 2.46. The highest BCUT2D eigenvalue weighted by molar-refractivity contribution is 9.10. The van der Waals surface area contributed by atoms with Crippen molar-refractivity contribution >= 4 is 15.9 Å². The lowest BCUT2D eigenvalue weighted by Gasteiger charge is -2.22. The van der Waals surface area contributed by atoms with E-state index in [1.54, 1.807) is 7.11 Å². The number of aryl methyl sites for hydroxylation is 1. The fourth-order valence-corrected chi connectivity index (χ4v) is 2.91. The first-order valence-electron chi connectivity index (χ1n) is 6.79. The number of hydrogen-bond donors (Lipinski definition) is 1. The zero-order valence-corrected chi connectivity index (χ0v) is 13.7. The number of ether oxygens (including phenoxy) is 1. The molecule has 0 radical (unpaired) electrons. The van der Waals surface area contributed by atoms with Crippen molar-refractivity contribution in [3.63, 3.8) is 0 Å². The van der Waals surface area contributed by atoms with Crippen molar-refractivity contribution in [1.82, 2.24) is 5.32 Å². The van der Waals surface area contributed by atoms with Crippen LogP contribution in [0.2, 0.25) is 0 Å². The second kappa shape index (κ2) is 6.91. The highest BCUT2D eigenvalue weighted by Gasteiger charge is 2.17. The normalized spacial score (nSPS) is 12.2. The van der Waals surface area contributed by atoms with Crippen molar-refractivity contribution in [2.75, 3.05) is 13.7 Å². The molecule has 1 atom stereocenters. The number of halogens is 1. The van der Waals surface area contributed by atoms with Crippen molar-refractivity contribution in [3.8, 4) is 5.75 Å². The second-order valence-electron chi connectivity index (χ2n) is 4.73. The van der Waals surface area contributed by atoms with E-state index in [9.17, 15) is 0 Å². The van der Waals surface area contributed by atoms with Gasteiger partial charge in [0, 0.05) is 4.47 Å². The molecule has 0 saturated carbocycles. The van der Waals surface area contributed by atoms with Gasteiger partial charge in [0.25, 0.3) is 0 Å². The minimum atomic E-state index is 0.182. The summed E-state index contributed by atoms with van der Waals surface area (Å²) in [5.74, 6) is 0.897. The number of hydrogen-bond acceptors (Lipinski definition) is 2. The van der Waals surface area contributed by atoms with E-state index in [1.165, 1.54) is 16.7 Å². The summed E-state index contributed by atoms with van der Waals surface area (Å²) in [7, 11) is 1.70. The van der Waals surface area contributed by atoms with Crippen LogP contribution in [0.4, 0.5) is 0 Å². The highest BCUT2D eigenvalue weighted by Crippen LogP contribution is 2.31. The third kappa shape index (κ3) is 3.22. The lowest BCUT2D eigenvalue weighted by Crippen LogP contribution is -2.23. The van der Waals surface area contributed by atoms with E-state index < -0.39 is 0 Å². The zero-order valence-electron chi connectivity index (χ0n) is 12.1. The molecule has 0 amide bonds. The van der Waals surface area contributed by atoms with E-state index in [2.05, 4.69) is 65.4 Å². The topological polar surface area (TPSA) is 21.3 Å². The van der Waals surface area contributed by atoms with Gasteiger partial charge in [0.1, 0.15) is 5.75 Å². The Hall–Kier alpha value is -1.32. The molecule has 2 aromatic carbocycles. The Bertz CT molecular complexity index is 583. The van der Waals surface area contributed by atoms with Crippen LogP contribution < -0.4 is 10.1 Å². The fourth-order valence-electron chi connectivity index (χ4n) is 2.40. The minimum absolute atomic E-state index is 0.182. The molecule has 0 heterocycles. The molecule has 2 aromatic rings. The second-order valence-corrected chi connectivity index (χ2v) is 5.59. The maximum absolute atomic E-state index is 5.29. The molecule has 2 rings (SSSR count). The van der Waals surface area contributed by atoms with Gasteiger partial charge >= 0.3 is 0 Å². The molecule has 0 fully saturated rings. The van der Waals surface area contributed by atoms with E-state index in [-0.39, 0.29) is 6.04 Å². The van der Waals surface area contributed by atoms with E-state index in [4.69, 9.17) is 4.74 Å². The smallest absolute Gasteiger partial charge is 0.119 e. The van der Waals surface area contributed by atoms with Gasteiger partial charge in [-0.1, -0.05) is 47.1 Å². The molecule has 1 N–H and O–H groups in total. The molecule has 0 aliphatic carbocycles. The number of nitrogens with one attached hydrogen (secondary N) is 1. The monoisotopic (exact) mass is 333 g/mol. The van der Waals surface area contributed by atoms with Crippen molar-refractivity contribution in [2.24, 2.45) is 0 Å². The minimum Gasteiger partial charge on any atom is -0.497 e. The van der Waals surface area contributed by atoms with Gasteiger partial charge in [-0.15, -0.1) is 0 Å². The van der Waals surface area contributed by atoms with Crippen molar-refractivity contribution in [3.05, 3.63) is 63.6 Å². The number of benzene rings is 2. The first-order valence-corrected chi connectivity index (χ1v) is 7.59. The summed E-state index contributed by atoms with van der Waals surface area (Å²) in [4.78, 5) is 0. The largest absolute Gasteiger partial charge is 0.497 e. The molecule has 0 spiro atoms. The maximum Gasteiger partial charge on any atom is 0.119 e. The van der Waals surface area contributed by atoms with Crippen LogP contribution in [-0.4, -0.2) is 13.7 Å². The summed E-state index contributed by atoms with van der Waals surface area (Å²) in [6.45, 7) is 5.17. The van der Waals surface area contributed by atoms with Gasteiger partial charge < -0.3 is 10.1 Å². The third-order valence-corrected chi connectivity index (χ3v) is 4.13. The molecule has 2 nitrogen and oxygen atoms in total. The summed E-state index contributed by atoms with van der Waals surface area (Å²) < 4.78 is 6.42. The zero-order chi connectivity index (χ0) is 14.5. The molecule has 3 heteroatoms. The SMILES string of the molecule is CCNC(c1ccc(OC)cc1C)c1ccccc1Br. The average molecular weight is 334 g/mol. The van der Waals surface area contributed by atoms with Crippen LogP contribution >= 0.6 is 15.9 Å². The molecular formula is C17H20BrNO. The first kappa shape index (κ1) is 15.1. The van der Waals surface area contributed by atoms with Gasteiger partial charge in [0.05, 0.1) is 13.2 Å². The summed E-state index contributed by atoms with van der Waals surface area (Å²) in [6.07, 6.45) is 0. The molecule has 106 valence electrons. The highest BCUT2D eigenvalue weighted by atomic mass is 79.9. The first-order chi connectivity index (χ1) is 9.67. The summed E-state index contributed by atoms with van der Waals surface area (Å²) >= 11 is 3.65. The van der Waals surface area contributed by atoms with Gasteiger partial charge in [-0.3, -0.25) is 0 Å². The molecule has 0 bridgehead atoms. The third-order valence-electron chi connectivity index (χ3n) is 3.41. The van der Waals surface area contributed by atoms with Gasteiger partial charge in [-0.25, -0.2) is 0 Å². The fraction of sp³-hybridized carbons (Fsp3) is 0.294. The van der Waals surface area contributed by atoms with Crippen LogP contribution in [0.15, 0.2) is 46.9 Å². The van der Waals surface area contributed by atoms with Crippen LogP contribution in [-0.2, 0) is 0 Å². The summed E-state index contributed by atoms with van der Waals surface area (Å²) in [5.41, 5.74) is 3.76. The van der Waals surface area contributed by atoms with E-state index >= 15 is 0 Å². The average Bonchev–Trinajstić information content (AvgIpc) is 2.46. The lowest BCUT2D eigenvalue weighted by atomic mass is 9.95. The Morgan fingerprint density at radius 1 is 1.15 bits per heavy atom. The molecular weight excluding hydrogens is 314 g/mol. The van der Waals surface area contributed by atoms with Gasteiger partial charge in [0.15, 0.2) is 0 Å². The standard InChI is InChI=1S/C17H20BrNO/c1-4-19-17(15-7-5-6-8-16(15)18)14-10-9-13(20-3)11-12(14)2/h5-11,17,19H,4H2,1-3H3. The van der Waals surface area contributed by atoms with Crippen molar-refractivity contribution < 1.29 is 4.74 Å². The Morgan fingerprint density at radius 3 is 2.50 bits per heavy atom. The van der Waals surface area contributed by atoms with Crippen LogP contribution in [0.3, 0.4) is 0 Å². The molecule has 20 heavy (non-hydrogen) atoms. The number of rotatable bonds is 5. The Labute approximate surface area is 129 Å². The van der Waals surface area contributed by atoms with E-state index in [0.717, 1.165) is 16.8 Å². The van der Waals surface area contributed by atoms with Crippen molar-refractivity contribution in [2.45, 2.75) is 19.9 Å². The Kier molecular flexibility index (Phi) is 5.21. The lowest BCUT2D eigenvalue weighted by molar-refractivity contribution is 0.414. The molecule has 0 aliphatic heterocycles. The number of methoxy groups -OCH3 is 1. The summed E-state index contributed by atoms with van der Waals surface area (Å²) in [5, 5.41) is 3.56. The van der Waals surface area contributed by atoms with E-state index in [0.29, 0.717) is 0 Å². The van der Waals surface area contributed by atoms with E-state index in [1.807, 2.05) is 12.1 Å². The van der Waals surface area contributed by atoms with Gasteiger partial charge in [-0.05, 0) is 48.4 Å². The van der Waals surface area contributed by atoms with Crippen LogP contribution in [0, 0.1) is 6.92 Å². The quantitative estimate of drug-likeness (QED) is 0.871. The molecule has 0 aliphatic rings. The molecule has 0 aromatic heterocycles. The molecule has 1 unspecified atom stereocenters. The van der Waals surface area contributed by atoms with Crippen molar-refractivity contribution in [1.29, 1.82) is 0 Å². The van der Waals surface area contributed by atoms with Gasteiger partial charge in [0.2, 0.25) is 0 Å². The van der Waals surface area contributed by atoms with Crippen LogP contribution in [0.1, 0.15) is 29.7 Å². The van der Waals surface area contributed by atoms with Gasteiger partial charge in [-0.2, -0.15) is 0 Å². The Morgan fingerprint density at radius 2 is 1.90 bits per heavy atom. The molecule has 0 saturated heterocycles.